The molecule has 34 heavy (non-hydrogen) atoms. The van der Waals surface area contributed by atoms with Crippen molar-refractivity contribution in [1.29, 1.82) is 0 Å². The second-order valence-corrected chi connectivity index (χ2v) is 9.75. The summed E-state index contributed by atoms with van der Waals surface area (Å²) in [6.07, 6.45) is 0. The van der Waals surface area contributed by atoms with Gasteiger partial charge in [-0.15, -0.1) is 0 Å². The van der Waals surface area contributed by atoms with Crippen LogP contribution in [0.4, 0.5) is 5.69 Å². The quantitative estimate of drug-likeness (QED) is 0.429. The predicted molar refractivity (Wildman–Crippen MR) is 133 cm³/mol. The Kier molecular flexibility index (Phi) is 8.41. The van der Waals surface area contributed by atoms with Gasteiger partial charge in [0.25, 0.3) is 10.0 Å². The van der Waals surface area contributed by atoms with E-state index in [1.165, 1.54) is 24.3 Å². The maximum Gasteiger partial charge on any atom is 0.264 e. The third-order valence-corrected chi connectivity index (χ3v) is 7.16. The number of nitrogens with one attached hydrogen (secondary N) is 1. The molecule has 9 heteroatoms. The highest BCUT2D eigenvalue weighted by atomic mass is 35.5. The lowest BCUT2D eigenvalue weighted by Gasteiger charge is -2.25. The van der Waals surface area contributed by atoms with Crippen LogP contribution in [-0.4, -0.2) is 34.6 Å². The molecule has 0 aliphatic heterocycles. The minimum atomic E-state index is -4.04. The molecule has 0 aromatic heterocycles. The summed E-state index contributed by atoms with van der Waals surface area (Å²) in [6.45, 7) is 3.77. The highest BCUT2D eigenvalue weighted by Crippen LogP contribution is 2.27. The molecule has 0 fully saturated rings. The smallest absolute Gasteiger partial charge is 0.264 e. The van der Waals surface area contributed by atoms with Gasteiger partial charge in [0.15, 0.2) is 0 Å². The van der Waals surface area contributed by atoms with Crippen molar-refractivity contribution in [3.05, 3.63) is 83.4 Å². The molecule has 3 aromatic rings. The van der Waals surface area contributed by atoms with Crippen LogP contribution in [0.3, 0.4) is 0 Å². The van der Waals surface area contributed by atoms with Gasteiger partial charge in [0.1, 0.15) is 18.0 Å². The van der Waals surface area contributed by atoms with Gasteiger partial charge in [-0.1, -0.05) is 23.7 Å². The minimum Gasteiger partial charge on any atom is -0.497 e. The number of hydrogen-bond acceptors (Lipinski definition) is 5. The summed E-state index contributed by atoms with van der Waals surface area (Å²) in [6, 6.07) is 19.3. The SMILES string of the molecule is CCOc1ccc(N(CC(=O)NC(C)c2ccc(OC)cc2)S(=O)(=O)c2ccc(Cl)cc2)cc1. The maximum atomic E-state index is 13.5. The molecule has 0 aliphatic carbocycles. The van der Waals surface area contributed by atoms with Crippen molar-refractivity contribution < 1.29 is 22.7 Å². The van der Waals surface area contributed by atoms with Crippen LogP contribution in [0.5, 0.6) is 11.5 Å². The largest absolute Gasteiger partial charge is 0.497 e. The van der Waals surface area contributed by atoms with E-state index in [1.807, 2.05) is 26.0 Å². The van der Waals surface area contributed by atoms with Crippen molar-refractivity contribution in [2.45, 2.75) is 24.8 Å². The van der Waals surface area contributed by atoms with E-state index >= 15 is 0 Å². The lowest BCUT2D eigenvalue weighted by Crippen LogP contribution is -2.41. The number of rotatable bonds is 10. The predicted octanol–water partition coefficient (Wildman–Crippen LogP) is 4.82. The summed E-state index contributed by atoms with van der Waals surface area (Å²) in [5.74, 6) is 0.862. The average molecular weight is 503 g/mol. The Morgan fingerprint density at radius 3 is 2.12 bits per heavy atom. The third kappa shape index (κ3) is 6.21. The van der Waals surface area contributed by atoms with E-state index in [2.05, 4.69) is 5.32 Å². The van der Waals surface area contributed by atoms with Crippen LogP contribution in [0.2, 0.25) is 5.02 Å². The van der Waals surface area contributed by atoms with E-state index < -0.39 is 22.5 Å². The molecule has 180 valence electrons. The highest BCUT2D eigenvalue weighted by molar-refractivity contribution is 7.92. The summed E-state index contributed by atoms with van der Waals surface area (Å²) in [4.78, 5) is 13.0. The van der Waals surface area contributed by atoms with Crippen molar-refractivity contribution in [1.82, 2.24) is 5.32 Å². The normalized spacial score (nSPS) is 12.0. The summed E-state index contributed by atoms with van der Waals surface area (Å²) >= 11 is 5.93. The fraction of sp³-hybridized carbons (Fsp3) is 0.240. The van der Waals surface area contributed by atoms with Crippen LogP contribution < -0.4 is 19.1 Å². The lowest BCUT2D eigenvalue weighted by molar-refractivity contribution is -0.120. The summed E-state index contributed by atoms with van der Waals surface area (Å²) in [5, 5.41) is 3.28. The van der Waals surface area contributed by atoms with Gasteiger partial charge in [-0.2, -0.15) is 0 Å². The van der Waals surface area contributed by atoms with Gasteiger partial charge >= 0.3 is 0 Å². The van der Waals surface area contributed by atoms with Crippen molar-refractivity contribution in [3.63, 3.8) is 0 Å². The van der Waals surface area contributed by atoms with Gasteiger partial charge in [0.2, 0.25) is 5.91 Å². The van der Waals surface area contributed by atoms with Gasteiger partial charge in [-0.05, 0) is 80.1 Å². The number of sulfonamides is 1. The fourth-order valence-electron chi connectivity index (χ4n) is 3.32. The zero-order valence-electron chi connectivity index (χ0n) is 19.2. The van der Waals surface area contributed by atoms with E-state index in [0.29, 0.717) is 28.8 Å². The molecule has 0 saturated carbocycles. The molecule has 1 unspecified atom stereocenters. The van der Waals surface area contributed by atoms with Crippen molar-refractivity contribution in [3.8, 4) is 11.5 Å². The molecule has 1 atom stereocenters. The highest BCUT2D eigenvalue weighted by Gasteiger charge is 2.28. The zero-order chi connectivity index (χ0) is 24.7. The van der Waals surface area contributed by atoms with E-state index in [4.69, 9.17) is 21.1 Å². The van der Waals surface area contributed by atoms with Gasteiger partial charge < -0.3 is 14.8 Å². The van der Waals surface area contributed by atoms with Gasteiger partial charge in [0.05, 0.1) is 30.3 Å². The molecule has 0 heterocycles. The standard InChI is InChI=1S/C25H27ClN2O5S/c1-4-33-23-13-9-21(10-14-23)28(34(30,31)24-15-7-20(26)8-16-24)17-25(29)27-18(2)19-5-11-22(32-3)12-6-19/h5-16,18H,4,17H2,1-3H3,(H,27,29). The summed E-state index contributed by atoms with van der Waals surface area (Å²) in [7, 11) is -2.46. The average Bonchev–Trinajstić information content (AvgIpc) is 2.83. The maximum absolute atomic E-state index is 13.5. The van der Waals surface area contributed by atoms with Gasteiger partial charge in [0, 0.05) is 5.02 Å². The van der Waals surface area contributed by atoms with Gasteiger partial charge in [-0.25, -0.2) is 8.42 Å². The number of anilines is 1. The Morgan fingerprint density at radius 2 is 1.56 bits per heavy atom. The van der Waals surface area contributed by atoms with Crippen LogP contribution in [0.1, 0.15) is 25.5 Å². The minimum absolute atomic E-state index is 0.0294. The summed E-state index contributed by atoms with van der Waals surface area (Å²) < 4.78 is 38.6. The molecule has 1 amide bonds. The molecule has 0 bridgehead atoms. The molecule has 0 spiro atoms. The Morgan fingerprint density at radius 1 is 0.971 bits per heavy atom. The van der Waals surface area contributed by atoms with Crippen LogP contribution in [0.15, 0.2) is 77.7 Å². The molecular weight excluding hydrogens is 476 g/mol. The van der Waals surface area contributed by atoms with E-state index in [0.717, 1.165) is 9.87 Å². The molecule has 0 radical (unpaired) electrons. The fourth-order valence-corrected chi connectivity index (χ4v) is 4.86. The van der Waals surface area contributed by atoms with E-state index in [1.54, 1.807) is 43.5 Å². The van der Waals surface area contributed by atoms with Crippen molar-refractivity contribution in [2.75, 3.05) is 24.6 Å². The van der Waals surface area contributed by atoms with Crippen LogP contribution >= 0.6 is 11.6 Å². The first-order chi connectivity index (χ1) is 16.2. The second-order valence-electron chi connectivity index (χ2n) is 7.45. The van der Waals surface area contributed by atoms with Crippen molar-refractivity contribution in [2.24, 2.45) is 0 Å². The number of hydrogen-bond donors (Lipinski definition) is 1. The number of carbonyl (C=O) groups is 1. The molecule has 0 saturated heterocycles. The number of benzene rings is 3. The number of carbonyl (C=O) groups excluding carboxylic acids is 1. The Hall–Kier alpha value is -3.23. The van der Waals surface area contributed by atoms with Gasteiger partial charge in [-0.3, -0.25) is 9.10 Å². The first kappa shape index (κ1) is 25.4. The molecule has 3 aromatic carbocycles. The van der Waals surface area contributed by atoms with Crippen LogP contribution in [0, 0.1) is 0 Å². The lowest BCUT2D eigenvalue weighted by atomic mass is 10.1. The Bertz CT molecular complexity index is 1200. The zero-order valence-corrected chi connectivity index (χ0v) is 20.8. The topological polar surface area (TPSA) is 84.9 Å². The van der Waals surface area contributed by atoms with Crippen LogP contribution in [0.25, 0.3) is 0 Å². The second kappa shape index (κ2) is 11.3. The molecular formula is C25H27ClN2O5S. The monoisotopic (exact) mass is 502 g/mol. The first-order valence-electron chi connectivity index (χ1n) is 10.7. The number of halogens is 1. The molecule has 1 N–H and O–H groups in total. The number of methoxy groups -OCH3 is 1. The van der Waals surface area contributed by atoms with Crippen molar-refractivity contribution >= 4 is 33.2 Å². The summed E-state index contributed by atoms with van der Waals surface area (Å²) in [5.41, 5.74) is 1.20. The number of ether oxygens (including phenoxy) is 2. The van der Waals surface area contributed by atoms with E-state index in [-0.39, 0.29) is 10.9 Å². The van der Waals surface area contributed by atoms with E-state index in [9.17, 15) is 13.2 Å². The number of nitrogens with zero attached hydrogens (tertiary/aromatic N) is 1. The third-order valence-electron chi connectivity index (χ3n) is 5.12. The Labute approximate surface area is 205 Å². The Balaban J connectivity index is 1.86. The molecule has 7 nitrogen and oxygen atoms in total. The number of amides is 1. The molecule has 0 aliphatic rings. The first-order valence-corrected chi connectivity index (χ1v) is 12.5. The van der Waals surface area contributed by atoms with Crippen LogP contribution in [-0.2, 0) is 14.8 Å². The molecule has 3 rings (SSSR count).